The zero-order valence-electron chi connectivity index (χ0n) is 17.9. The molecule has 0 aliphatic rings. The molecule has 1 N–H and O–H groups in total. The van der Waals surface area contributed by atoms with Crippen molar-refractivity contribution in [2.75, 3.05) is 5.32 Å². The summed E-state index contributed by atoms with van der Waals surface area (Å²) in [6.07, 6.45) is -0.695. The molecule has 0 spiro atoms. The van der Waals surface area contributed by atoms with E-state index in [2.05, 4.69) is 25.5 Å². The molecule has 32 heavy (non-hydrogen) atoms. The van der Waals surface area contributed by atoms with Crippen molar-refractivity contribution in [1.82, 2.24) is 29.5 Å². The maximum absolute atomic E-state index is 13.4. The lowest BCUT2D eigenvalue weighted by Crippen LogP contribution is -2.12. The van der Waals surface area contributed by atoms with E-state index in [4.69, 9.17) is 0 Å². The van der Waals surface area contributed by atoms with Gasteiger partial charge in [-0.3, -0.25) is 0 Å². The predicted octanol–water partition coefficient (Wildman–Crippen LogP) is 4.85. The van der Waals surface area contributed by atoms with Crippen LogP contribution in [0.2, 0.25) is 0 Å². The molecule has 0 bridgehead atoms. The van der Waals surface area contributed by atoms with E-state index in [0.29, 0.717) is 35.1 Å². The summed E-state index contributed by atoms with van der Waals surface area (Å²) in [5.41, 5.74) is 3.64. The van der Waals surface area contributed by atoms with Crippen LogP contribution < -0.4 is 5.32 Å². The average Bonchev–Trinajstić information content (AvgIpc) is 3.27. The van der Waals surface area contributed by atoms with Crippen LogP contribution in [0, 0.1) is 19.7 Å². The van der Waals surface area contributed by atoms with Crippen molar-refractivity contribution in [1.29, 1.82) is 0 Å². The van der Waals surface area contributed by atoms with Crippen LogP contribution in [0.1, 0.15) is 23.9 Å². The second kappa shape index (κ2) is 8.81. The first-order chi connectivity index (χ1) is 15.4. The van der Waals surface area contributed by atoms with Gasteiger partial charge in [0.25, 0.3) is 6.43 Å². The number of hydrogen-bond acceptors (Lipinski definition) is 5. The molecule has 7 nitrogen and oxygen atoms in total. The number of halogens is 3. The van der Waals surface area contributed by atoms with Crippen molar-refractivity contribution < 1.29 is 13.2 Å². The van der Waals surface area contributed by atoms with Crippen LogP contribution in [0.3, 0.4) is 0 Å². The summed E-state index contributed by atoms with van der Waals surface area (Å²) in [4.78, 5) is 8.52. The van der Waals surface area contributed by atoms with Gasteiger partial charge in [0.05, 0.1) is 11.4 Å². The van der Waals surface area contributed by atoms with Crippen LogP contribution in [-0.2, 0) is 13.0 Å². The Bertz CT molecular complexity index is 1230. The third-order valence-electron chi connectivity index (χ3n) is 4.96. The third kappa shape index (κ3) is 4.34. The van der Waals surface area contributed by atoms with Crippen molar-refractivity contribution in [2.24, 2.45) is 0 Å². The molecule has 1 aromatic carbocycles. The summed E-state index contributed by atoms with van der Waals surface area (Å²) in [6.45, 7) is 5.11. The number of hydrogen-bond donors (Lipinski definition) is 1. The number of benzene rings is 1. The Morgan fingerprint density at radius 1 is 1.03 bits per heavy atom. The van der Waals surface area contributed by atoms with E-state index in [9.17, 15) is 13.2 Å². The molecule has 0 atom stereocenters. The molecule has 0 aliphatic heterocycles. The van der Waals surface area contributed by atoms with Gasteiger partial charge in [-0.1, -0.05) is 6.92 Å². The zero-order chi connectivity index (χ0) is 22.8. The fraction of sp³-hybridized carbons (Fsp3) is 0.273. The molecule has 4 rings (SSSR count). The van der Waals surface area contributed by atoms with Gasteiger partial charge in [-0.25, -0.2) is 32.5 Å². The number of nitrogens with one attached hydrogen (secondary N) is 1. The minimum absolute atomic E-state index is 0.380. The lowest BCUT2D eigenvalue weighted by atomic mass is 10.1. The van der Waals surface area contributed by atoms with E-state index in [1.807, 2.05) is 26.8 Å². The molecule has 0 aliphatic carbocycles. The average molecular weight is 441 g/mol. The normalized spacial score (nSPS) is 11.3. The number of nitrogens with zero attached hydrogens (tertiary/aromatic N) is 6. The van der Waals surface area contributed by atoms with Gasteiger partial charge >= 0.3 is 0 Å². The highest BCUT2D eigenvalue weighted by Crippen LogP contribution is 2.32. The Hall–Kier alpha value is -3.69. The second-order valence-electron chi connectivity index (χ2n) is 7.33. The molecular weight excluding hydrogens is 419 g/mol. The number of aryl methyl sites for hydroxylation is 2. The highest BCUT2D eigenvalue weighted by atomic mass is 19.3. The Labute approximate surface area is 182 Å². The standard InChI is InChI=1S/C22H22F3N7/c1-4-17-21(15-5-7-16(23)8-6-15)30-31(11-18(24)25)22(17)28-19-10-20(27-12-26-19)32-14(3)9-13(2)29-32/h5-10,12,18H,4,11H2,1-3H3,(H,26,27,28). The van der Waals surface area contributed by atoms with Crippen LogP contribution in [0.15, 0.2) is 42.7 Å². The summed E-state index contributed by atoms with van der Waals surface area (Å²) in [5, 5.41) is 12.0. The smallest absolute Gasteiger partial charge is 0.258 e. The number of anilines is 2. The molecular formula is C22H22F3N7. The molecule has 0 radical (unpaired) electrons. The van der Waals surface area contributed by atoms with Crippen molar-refractivity contribution in [3.05, 3.63) is 65.5 Å². The monoisotopic (exact) mass is 441 g/mol. The van der Waals surface area contributed by atoms with E-state index in [0.717, 1.165) is 17.0 Å². The zero-order valence-corrected chi connectivity index (χ0v) is 17.9. The Morgan fingerprint density at radius 2 is 1.78 bits per heavy atom. The summed E-state index contributed by atoms with van der Waals surface area (Å²) >= 11 is 0. The predicted molar refractivity (Wildman–Crippen MR) is 115 cm³/mol. The summed E-state index contributed by atoms with van der Waals surface area (Å²) in [5.74, 6) is 0.989. The highest BCUT2D eigenvalue weighted by Gasteiger charge is 2.21. The van der Waals surface area contributed by atoms with Gasteiger partial charge in [0.2, 0.25) is 0 Å². The first-order valence-electron chi connectivity index (χ1n) is 10.1. The molecule has 0 fully saturated rings. The molecule has 0 unspecified atom stereocenters. The molecule has 4 aromatic rings. The molecule has 3 aromatic heterocycles. The van der Waals surface area contributed by atoms with E-state index in [-0.39, 0.29) is 5.82 Å². The molecule has 0 saturated heterocycles. The fourth-order valence-corrected chi connectivity index (χ4v) is 3.59. The minimum Gasteiger partial charge on any atom is -0.325 e. The molecule has 0 amide bonds. The largest absolute Gasteiger partial charge is 0.325 e. The van der Waals surface area contributed by atoms with Crippen LogP contribution in [0.4, 0.5) is 24.8 Å². The van der Waals surface area contributed by atoms with E-state index >= 15 is 0 Å². The summed E-state index contributed by atoms with van der Waals surface area (Å²) < 4.78 is 42.9. The van der Waals surface area contributed by atoms with Gasteiger partial charge in [0.1, 0.15) is 30.3 Å². The Balaban J connectivity index is 1.76. The van der Waals surface area contributed by atoms with Crippen LogP contribution in [-0.4, -0.2) is 36.0 Å². The number of rotatable bonds is 7. The maximum atomic E-state index is 13.4. The quantitative estimate of drug-likeness (QED) is 0.444. The third-order valence-corrected chi connectivity index (χ3v) is 4.96. The van der Waals surface area contributed by atoms with Crippen molar-refractivity contribution in [3.63, 3.8) is 0 Å². The van der Waals surface area contributed by atoms with Gasteiger partial charge in [0, 0.05) is 22.9 Å². The van der Waals surface area contributed by atoms with Crippen LogP contribution in [0.25, 0.3) is 17.1 Å². The second-order valence-corrected chi connectivity index (χ2v) is 7.33. The van der Waals surface area contributed by atoms with Gasteiger partial charge in [-0.2, -0.15) is 10.2 Å². The number of alkyl halides is 2. The molecule has 166 valence electrons. The fourth-order valence-electron chi connectivity index (χ4n) is 3.59. The SMILES string of the molecule is CCc1c(-c2ccc(F)cc2)nn(CC(F)F)c1Nc1cc(-n2nc(C)cc2C)ncn1. The topological polar surface area (TPSA) is 73.5 Å². The first kappa shape index (κ1) is 21.5. The highest BCUT2D eigenvalue weighted by molar-refractivity contribution is 5.72. The van der Waals surface area contributed by atoms with Gasteiger partial charge in [-0.05, 0) is 50.6 Å². The first-order valence-corrected chi connectivity index (χ1v) is 10.1. The van der Waals surface area contributed by atoms with Gasteiger partial charge < -0.3 is 5.32 Å². The lowest BCUT2D eigenvalue weighted by molar-refractivity contribution is 0.122. The minimum atomic E-state index is -2.60. The molecule has 10 heteroatoms. The number of aromatic nitrogens is 6. The Morgan fingerprint density at radius 3 is 2.41 bits per heavy atom. The van der Waals surface area contributed by atoms with E-state index in [1.54, 1.807) is 22.9 Å². The molecule has 0 saturated carbocycles. The van der Waals surface area contributed by atoms with Crippen LogP contribution in [0.5, 0.6) is 0 Å². The van der Waals surface area contributed by atoms with Crippen molar-refractivity contribution in [3.8, 4) is 17.1 Å². The lowest BCUT2D eigenvalue weighted by Gasteiger charge is -2.12. The van der Waals surface area contributed by atoms with Crippen molar-refractivity contribution >= 4 is 11.6 Å². The van der Waals surface area contributed by atoms with Gasteiger partial charge in [0.15, 0.2) is 5.82 Å². The van der Waals surface area contributed by atoms with E-state index in [1.165, 1.54) is 23.1 Å². The molecule has 3 heterocycles. The van der Waals surface area contributed by atoms with Gasteiger partial charge in [-0.15, -0.1) is 0 Å². The Kier molecular flexibility index (Phi) is 5.93. The van der Waals surface area contributed by atoms with Crippen LogP contribution >= 0.6 is 0 Å². The van der Waals surface area contributed by atoms with E-state index < -0.39 is 13.0 Å². The summed E-state index contributed by atoms with van der Waals surface area (Å²) in [6, 6.07) is 9.42. The van der Waals surface area contributed by atoms with Crippen molar-refractivity contribution in [2.45, 2.75) is 40.2 Å². The summed E-state index contributed by atoms with van der Waals surface area (Å²) in [7, 11) is 0. The maximum Gasteiger partial charge on any atom is 0.258 e.